The lowest BCUT2D eigenvalue weighted by Crippen LogP contribution is -2.20. The van der Waals surface area contributed by atoms with E-state index in [1.54, 1.807) is 24.5 Å². The molecule has 0 spiro atoms. The van der Waals surface area contributed by atoms with Gasteiger partial charge in [0.15, 0.2) is 0 Å². The van der Waals surface area contributed by atoms with Crippen LogP contribution >= 0.6 is 23.2 Å². The molecule has 0 bridgehead atoms. The maximum Gasteiger partial charge on any atom is 0.145 e. The Balaban J connectivity index is 2.30. The fourth-order valence-electron chi connectivity index (χ4n) is 1.96. The molecule has 100 valence electrons. The normalized spacial score (nSPS) is 12.4. The van der Waals surface area contributed by atoms with Gasteiger partial charge in [0.25, 0.3) is 0 Å². The average Bonchev–Trinajstić information content (AvgIpc) is 2.41. The first kappa shape index (κ1) is 14.3. The van der Waals surface area contributed by atoms with Crippen molar-refractivity contribution < 1.29 is 4.39 Å². The van der Waals surface area contributed by atoms with Crippen LogP contribution in [0.4, 0.5) is 4.39 Å². The topological polar surface area (TPSA) is 24.9 Å². The van der Waals surface area contributed by atoms with E-state index in [1.165, 1.54) is 6.07 Å². The summed E-state index contributed by atoms with van der Waals surface area (Å²) in [6.45, 7) is 0. The zero-order valence-corrected chi connectivity index (χ0v) is 11.8. The minimum Gasteiger partial charge on any atom is -0.313 e. The SMILES string of the molecule is CNC(Cc1cccc(Cl)c1F)c1ccncc1Cl. The number of hydrogen-bond acceptors (Lipinski definition) is 2. The van der Waals surface area contributed by atoms with Gasteiger partial charge in [-0.15, -0.1) is 0 Å². The highest BCUT2D eigenvalue weighted by atomic mass is 35.5. The Morgan fingerprint density at radius 3 is 2.74 bits per heavy atom. The molecule has 0 aliphatic carbocycles. The summed E-state index contributed by atoms with van der Waals surface area (Å²) in [4.78, 5) is 3.95. The Morgan fingerprint density at radius 1 is 1.26 bits per heavy atom. The first-order valence-corrected chi connectivity index (χ1v) is 6.58. The number of likely N-dealkylation sites (N-methyl/N-ethyl adjacent to an activating group) is 1. The number of nitrogens with zero attached hydrogens (tertiary/aromatic N) is 1. The fraction of sp³-hybridized carbons (Fsp3) is 0.214. The van der Waals surface area contributed by atoms with Gasteiger partial charge < -0.3 is 5.32 Å². The molecule has 0 aliphatic heterocycles. The third-order valence-electron chi connectivity index (χ3n) is 2.98. The summed E-state index contributed by atoms with van der Waals surface area (Å²) in [6, 6.07) is 6.73. The summed E-state index contributed by atoms with van der Waals surface area (Å²) in [5.74, 6) is -0.380. The van der Waals surface area contributed by atoms with Crippen LogP contribution in [0, 0.1) is 5.82 Å². The smallest absolute Gasteiger partial charge is 0.145 e. The molecular formula is C14H13Cl2FN2. The van der Waals surface area contributed by atoms with Crippen molar-refractivity contribution in [3.05, 3.63) is 63.6 Å². The highest BCUT2D eigenvalue weighted by molar-refractivity contribution is 6.31. The fourth-order valence-corrected chi connectivity index (χ4v) is 2.41. The monoisotopic (exact) mass is 298 g/mol. The van der Waals surface area contributed by atoms with Gasteiger partial charge in [-0.1, -0.05) is 35.3 Å². The van der Waals surface area contributed by atoms with Crippen LogP contribution in [0.1, 0.15) is 17.2 Å². The predicted octanol–water partition coefficient (Wildman–Crippen LogP) is 4.03. The molecule has 2 aromatic rings. The van der Waals surface area contributed by atoms with Crippen molar-refractivity contribution in [2.75, 3.05) is 7.05 Å². The third kappa shape index (κ3) is 3.24. The molecule has 1 aromatic carbocycles. The molecule has 0 radical (unpaired) electrons. The largest absolute Gasteiger partial charge is 0.313 e. The van der Waals surface area contributed by atoms with Crippen LogP contribution in [0.2, 0.25) is 10.0 Å². The van der Waals surface area contributed by atoms with E-state index in [0.29, 0.717) is 17.0 Å². The molecule has 2 rings (SSSR count). The number of hydrogen-bond donors (Lipinski definition) is 1. The van der Waals surface area contributed by atoms with Crippen molar-refractivity contribution >= 4 is 23.2 Å². The number of nitrogens with one attached hydrogen (secondary N) is 1. The molecule has 0 saturated carbocycles. The van der Waals surface area contributed by atoms with Gasteiger partial charge >= 0.3 is 0 Å². The third-order valence-corrected chi connectivity index (χ3v) is 3.59. The van der Waals surface area contributed by atoms with Gasteiger partial charge in [-0.3, -0.25) is 4.98 Å². The summed E-state index contributed by atoms with van der Waals surface area (Å²) < 4.78 is 13.9. The van der Waals surface area contributed by atoms with Crippen molar-refractivity contribution in [3.63, 3.8) is 0 Å². The quantitative estimate of drug-likeness (QED) is 0.922. The number of halogens is 3. The zero-order valence-electron chi connectivity index (χ0n) is 10.3. The zero-order chi connectivity index (χ0) is 13.8. The molecule has 1 N–H and O–H groups in total. The second-order valence-electron chi connectivity index (χ2n) is 4.16. The molecule has 1 unspecified atom stereocenters. The van der Waals surface area contributed by atoms with E-state index >= 15 is 0 Å². The van der Waals surface area contributed by atoms with Crippen LogP contribution in [-0.4, -0.2) is 12.0 Å². The molecule has 1 atom stereocenters. The van der Waals surface area contributed by atoms with E-state index in [-0.39, 0.29) is 16.9 Å². The van der Waals surface area contributed by atoms with Gasteiger partial charge in [-0.2, -0.15) is 0 Å². The number of pyridine rings is 1. The van der Waals surface area contributed by atoms with Gasteiger partial charge in [0, 0.05) is 18.4 Å². The summed E-state index contributed by atoms with van der Waals surface area (Å²) >= 11 is 11.9. The van der Waals surface area contributed by atoms with Crippen LogP contribution in [0.15, 0.2) is 36.7 Å². The van der Waals surface area contributed by atoms with E-state index in [9.17, 15) is 4.39 Å². The predicted molar refractivity (Wildman–Crippen MR) is 76.2 cm³/mol. The first-order valence-electron chi connectivity index (χ1n) is 5.83. The molecule has 5 heteroatoms. The van der Waals surface area contributed by atoms with Crippen molar-refractivity contribution in [1.29, 1.82) is 0 Å². The Hall–Kier alpha value is -1.16. The van der Waals surface area contributed by atoms with E-state index in [0.717, 1.165) is 5.56 Å². The highest BCUT2D eigenvalue weighted by Gasteiger charge is 2.16. The Bertz CT molecular complexity index is 575. The maximum atomic E-state index is 13.9. The van der Waals surface area contributed by atoms with Crippen LogP contribution in [0.3, 0.4) is 0 Å². The van der Waals surface area contributed by atoms with Crippen molar-refractivity contribution in [1.82, 2.24) is 10.3 Å². The van der Waals surface area contributed by atoms with Gasteiger partial charge in [-0.05, 0) is 36.7 Å². The summed E-state index contributed by atoms with van der Waals surface area (Å²) in [7, 11) is 1.81. The second-order valence-corrected chi connectivity index (χ2v) is 4.97. The van der Waals surface area contributed by atoms with Crippen molar-refractivity contribution in [2.45, 2.75) is 12.5 Å². The standard InChI is InChI=1S/C14H13Cl2FN2/c1-18-13(10-5-6-19-8-12(10)16)7-9-3-2-4-11(15)14(9)17/h2-6,8,13,18H,7H2,1H3. The highest BCUT2D eigenvalue weighted by Crippen LogP contribution is 2.27. The lowest BCUT2D eigenvalue weighted by molar-refractivity contribution is 0.554. The molecule has 1 aromatic heterocycles. The number of rotatable bonds is 4. The lowest BCUT2D eigenvalue weighted by Gasteiger charge is -2.18. The average molecular weight is 299 g/mol. The van der Waals surface area contributed by atoms with Gasteiger partial charge in [0.2, 0.25) is 0 Å². The lowest BCUT2D eigenvalue weighted by atomic mass is 9.99. The minimum absolute atomic E-state index is 0.0940. The van der Waals surface area contributed by atoms with Gasteiger partial charge in [0.1, 0.15) is 5.82 Å². The minimum atomic E-state index is -0.380. The Kier molecular flexibility index (Phi) is 4.75. The van der Waals surface area contributed by atoms with E-state index in [4.69, 9.17) is 23.2 Å². The number of benzene rings is 1. The van der Waals surface area contributed by atoms with E-state index in [1.807, 2.05) is 13.1 Å². The van der Waals surface area contributed by atoms with Crippen LogP contribution in [0.25, 0.3) is 0 Å². The molecule has 0 saturated heterocycles. The van der Waals surface area contributed by atoms with Crippen molar-refractivity contribution in [2.24, 2.45) is 0 Å². The molecule has 19 heavy (non-hydrogen) atoms. The summed E-state index contributed by atoms with van der Waals surface area (Å²) in [5, 5.41) is 3.82. The summed E-state index contributed by atoms with van der Waals surface area (Å²) in [6.07, 6.45) is 3.71. The van der Waals surface area contributed by atoms with E-state index < -0.39 is 0 Å². The van der Waals surface area contributed by atoms with Crippen LogP contribution in [0.5, 0.6) is 0 Å². The Morgan fingerprint density at radius 2 is 2.05 bits per heavy atom. The molecule has 0 aliphatic rings. The molecular weight excluding hydrogens is 286 g/mol. The summed E-state index contributed by atoms with van der Waals surface area (Å²) in [5.41, 5.74) is 1.44. The van der Waals surface area contributed by atoms with Crippen LogP contribution in [-0.2, 0) is 6.42 Å². The maximum absolute atomic E-state index is 13.9. The molecule has 2 nitrogen and oxygen atoms in total. The van der Waals surface area contributed by atoms with Crippen LogP contribution < -0.4 is 5.32 Å². The van der Waals surface area contributed by atoms with Crippen molar-refractivity contribution in [3.8, 4) is 0 Å². The first-order chi connectivity index (χ1) is 9.13. The van der Waals surface area contributed by atoms with E-state index in [2.05, 4.69) is 10.3 Å². The van der Waals surface area contributed by atoms with Gasteiger partial charge in [-0.25, -0.2) is 4.39 Å². The Labute approximate surface area is 121 Å². The number of aromatic nitrogens is 1. The van der Waals surface area contributed by atoms with Gasteiger partial charge in [0.05, 0.1) is 10.0 Å². The molecule has 0 amide bonds. The second kappa shape index (κ2) is 6.33. The molecule has 1 heterocycles. The molecule has 0 fully saturated rings.